The van der Waals surface area contributed by atoms with E-state index in [0.717, 1.165) is 24.9 Å². The van der Waals surface area contributed by atoms with Gasteiger partial charge >= 0.3 is 5.97 Å². The highest BCUT2D eigenvalue weighted by Gasteiger charge is 2.41. The van der Waals surface area contributed by atoms with Crippen LogP contribution in [0, 0.1) is 11.7 Å². The van der Waals surface area contributed by atoms with Crippen molar-refractivity contribution in [1.82, 2.24) is 0 Å². The fourth-order valence-electron chi connectivity index (χ4n) is 3.79. The molecule has 1 fully saturated rings. The summed E-state index contributed by atoms with van der Waals surface area (Å²) >= 11 is 0. The maximum Gasteiger partial charge on any atom is 0.311 e. The van der Waals surface area contributed by atoms with E-state index in [9.17, 15) is 9.18 Å². The van der Waals surface area contributed by atoms with Crippen LogP contribution in [0.4, 0.5) is 10.1 Å². The molecule has 2 aromatic rings. The lowest BCUT2D eigenvalue weighted by atomic mass is 9.84. The molecule has 0 radical (unpaired) electrons. The number of fused-ring (bicyclic) bond motifs is 5. The number of carbonyl (C=O) groups excluding carboxylic acids is 1. The first kappa shape index (κ1) is 15.0. The standard InChI is InChI=1S/C19H18FNO3/c1-23-19(22)14-6-4-10-21-15-11-12(20)8-9-17(15)24-16-7-3-2-5-13(16)18(14)21/h2-3,5,7-9,11,14,18H,4,6,10H2,1H3/t14-,18+/m0/s1. The zero-order valence-electron chi connectivity index (χ0n) is 13.4. The zero-order valence-corrected chi connectivity index (χ0v) is 13.4. The van der Waals surface area contributed by atoms with Crippen molar-refractivity contribution < 1.29 is 18.7 Å². The molecule has 0 bridgehead atoms. The van der Waals surface area contributed by atoms with Crippen LogP contribution in [0.1, 0.15) is 24.4 Å². The predicted molar refractivity (Wildman–Crippen MR) is 87.7 cm³/mol. The second-order valence-electron chi connectivity index (χ2n) is 6.16. The van der Waals surface area contributed by atoms with Crippen molar-refractivity contribution in [2.24, 2.45) is 5.92 Å². The van der Waals surface area contributed by atoms with E-state index in [0.29, 0.717) is 17.2 Å². The predicted octanol–water partition coefficient (Wildman–Crippen LogP) is 4.06. The number of halogens is 1. The van der Waals surface area contributed by atoms with Crippen LogP contribution in [0.5, 0.6) is 11.5 Å². The van der Waals surface area contributed by atoms with Crippen molar-refractivity contribution in [1.29, 1.82) is 0 Å². The van der Waals surface area contributed by atoms with Gasteiger partial charge in [0.15, 0.2) is 5.75 Å². The van der Waals surface area contributed by atoms with Crippen molar-refractivity contribution in [2.75, 3.05) is 18.6 Å². The second kappa shape index (κ2) is 5.82. The van der Waals surface area contributed by atoms with Gasteiger partial charge in [-0.3, -0.25) is 4.79 Å². The minimum absolute atomic E-state index is 0.217. The molecule has 0 N–H and O–H groups in total. The first-order chi connectivity index (χ1) is 11.7. The summed E-state index contributed by atoms with van der Waals surface area (Å²) in [4.78, 5) is 14.4. The normalized spacial score (nSPS) is 21.7. The molecule has 0 saturated carbocycles. The van der Waals surface area contributed by atoms with Crippen LogP contribution in [0.25, 0.3) is 0 Å². The molecule has 4 rings (SSSR count). The van der Waals surface area contributed by atoms with Crippen LogP contribution in [0.15, 0.2) is 42.5 Å². The van der Waals surface area contributed by atoms with Crippen molar-refractivity contribution >= 4 is 11.7 Å². The van der Waals surface area contributed by atoms with Gasteiger partial charge in [-0.05, 0) is 31.0 Å². The molecule has 124 valence electrons. The van der Waals surface area contributed by atoms with Crippen LogP contribution >= 0.6 is 0 Å². The van der Waals surface area contributed by atoms with Gasteiger partial charge in [-0.15, -0.1) is 0 Å². The smallest absolute Gasteiger partial charge is 0.311 e. The number of methoxy groups -OCH3 is 1. The lowest BCUT2D eigenvalue weighted by Gasteiger charge is -2.40. The van der Waals surface area contributed by atoms with Gasteiger partial charge in [-0.2, -0.15) is 0 Å². The molecule has 2 aromatic carbocycles. The first-order valence-electron chi connectivity index (χ1n) is 8.10. The van der Waals surface area contributed by atoms with Gasteiger partial charge in [0.1, 0.15) is 11.6 Å². The summed E-state index contributed by atoms with van der Waals surface area (Å²) in [5, 5.41) is 0. The third-order valence-corrected chi connectivity index (χ3v) is 4.82. The summed E-state index contributed by atoms with van der Waals surface area (Å²) in [6, 6.07) is 12.0. The molecule has 2 aliphatic rings. The number of rotatable bonds is 1. The molecule has 0 aliphatic carbocycles. The molecule has 0 spiro atoms. The van der Waals surface area contributed by atoms with Crippen LogP contribution in [-0.4, -0.2) is 19.6 Å². The third-order valence-electron chi connectivity index (χ3n) is 4.82. The molecule has 1 saturated heterocycles. The minimum atomic E-state index is -0.317. The van der Waals surface area contributed by atoms with E-state index in [2.05, 4.69) is 4.90 Å². The number of piperidine rings is 1. The molecule has 4 nitrogen and oxygen atoms in total. The number of hydrogen-bond donors (Lipinski definition) is 0. The number of esters is 1. The van der Waals surface area contributed by atoms with Gasteiger partial charge < -0.3 is 14.4 Å². The van der Waals surface area contributed by atoms with Gasteiger partial charge in [0.2, 0.25) is 0 Å². The Kier molecular flexibility index (Phi) is 3.63. The van der Waals surface area contributed by atoms with E-state index >= 15 is 0 Å². The van der Waals surface area contributed by atoms with E-state index in [1.54, 1.807) is 6.07 Å². The molecular weight excluding hydrogens is 309 g/mol. The fraction of sp³-hybridized carbons (Fsp3) is 0.316. The molecule has 2 atom stereocenters. The molecule has 24 heavy (non-hydrogen) atoms. The Morgan fingerprint density at radius 3 is 2.92 bits per heavy atom. The minimum Gasteiger partial charge on any atom is -0.469 e. The van der Waals surface area contributed by atoms with Gasteiger partial charge in [0.25, 0.3) is 0 Å². The first-order valence-corrected chi connectivity index (χ1v) is 8.10. The number of para-hydroxylation sites is 1. The summed E-state index contributed by atoms with van der Waals surface area (Å²) in [6.07, 6.45) is 1.58. The Morgan fingerprint density at radius 2 is 2.08 bits per heavy atom. The number of nitrogens with zero attached hydrogens (tertiary/aromatic N) is 1. The quantitative estimate of drug-likeness (QED) is 0.740. The van der Waals surface area contributed by atoms with Crippen molar-refractivity contribution in [3.8, 4) is 11.5 Å². The number of ether oxygens (including phenoxy) is 2. The summed E-state index contributed by atoms with van der Waals surface area (Å²) in [5.74, 6) is 0.454. The van der Waals surface area contributed by atoms with Gasteiger partial charge in [-0.1, -0.05) is 18.2 Å². The Bertz CT molecular complexity index is 792. The summed E-state index contributed by atoms with van der Waals surface area (Å²) in [6.45, 7) is 0.742. The third kappa shape index (κ3) is 2.31. The van der Waals surface area contributed by atoms with Crippen molar-refractivity contribution in [2.45, 2.75) is 18.9 Å². The van der Waals surface area contributed by atoms with Crippen LogP contribution in [0.3, 0.4) is 0 Å². The highest BCUT2D eigenvalue weighted by atomic mass is 19.1. The highest BCUT2D eigenvalue weighted by molar-refractivity contribution is 5.76. The monoisotopic (exact) mass is 327 g/mol. The van der Waals surface area contributed by atoms with E-state index in [-0.39, 0.29) is 23.7 Å². The molecule has 5 heteroatoms. The molecule has 2 aliphatic heterocycles. The number of carbonyl (C=O) groups is 1. The van der Waals surface area contributed by atoms with Crippen LogP contribution in [0.2, 0.25) is 0 Å². The van der Waals surface area contributed by atoms with E-state index in [1.165, 1.54) is 19.2 Å². The maximum atomic E-state index is 13.9. The Balaban J connectivity index is 1.92. The lowest BCUT2D eigenvalue weighted by molar-refractivity contribution is -0.147. The highest BCUT2D eigenvalue weighted by Crippen LogP contribution is 2.49. The molecule has 0 aromatic heterocycles. The Labute approximate surface area is 139 Å². The van der Waals surface area contributed by atoms with E-state index in [4.69, 9.17) is 9.47 Å². The van der Waals surface area contributed by atoms with Crippen molar-refractivity contribution in [3.05, 3.63) is 53.8 Å². The Hall–Kier alpha value is -2.56. The van der Waals surface area contributed by atoms with Gasteiger partial charge in [-0.25, -0.2) is 4.39 Å². The number of benzene rings is 2. The van der Waals surface area contributed by atoms with E-state index < -0.39 is 0 Å². The lowest BCUT2D eigenvalue weighted by Crippen LogP contribution is -2.42. The average Bonchev–Trinajstić information content (AvgIpc) is 2.75. The molecule has 2 heterocycles. The largest absolute Gasteiger partial charge is 0.469 e. The second-order valence-corrected chi connectivity index (χ2v) is 6.16. The average molecular weight is 327 g/mol. The number of anilines is 1. The molecule has 0 amide bonds. The summed E-state index contributed by atoms with van der Waals surface area (Å²) < 4.78 is 24.9. The molecule has 0 unspecified atom stereocenters. The fourth-order valence-corrected chi connectivity index (χ4v) is 3.79. The zero-order chi connectivity index (χ0) is 16.7. The summed E-state index contributed by atoms with van der Waals surface area (Å²) in [7, 11) is 1.41. The maximum absolute atomic E-state index is 13.9. The number of hydrogen-bond acceptors (Lipinski definition) is 4. The van der Waals surface area contributed by atoms with Gasteiger partial charge in [0, 0.05) is 18.2 Å². The SMILES string of the molecule is COC(=O)[C@H]1CCCN2c3cc(F)ccc3Oc3ccccc3[C@H]12. The van der Waals surface area contributed by atoms with E-state index in [1.807, 2.05) is 24.3 Å². The van der Waals surface area contributed by atoms with Crippen LogP contribution < -0.4 is 9.64 Å². The molecular formula is C19H18FNO3. The van der Waals surface area contributed by atoms with Crippen LogP contribution in [-0.2, 0) is 9.53 Å². The Morgan fingerprint density at radius 1 is 1.25 bits per heavy atom. The van der Waals surface area contributed by atoms with Crippen molar-refractivity contribution in [3.63, 3.8) is 0 Å². The summed E-state index contributed by atoms with van der Waals surface area (Å²) in [5.41, 5.74) is 1.62. The topological polar surface area (TPSA) is 38.8 Å². The van der Waals surface area contributed by atoms with Gasteiger partial charge in [0.05, 0.1) is 24.8 Å².